The molecule has 0 atom stereocenters. The van der Waals surface area contributed by atoms with Crippen LogP contribution in [0.2, 0.25) is 0 Å². The van der Waals surface area contributed by atoms with Crippen molar-refractivity contribution in [1.82, 2.24) is 0 Å². The highest BCUT2D eigenvalue weighted by molar-refractivity contribution is 7.97. The minimum absolute atomic E-state index is 0.0170. The number of rotatable bonds is 1. The van der Waals surface area contributed by atoms with E-state index in [4.69, 9.17) is 0 Å². The Balaban J connectivity index is 4.10. The van der Waals surface area contributed by atoms with Gasteiger partial charge in [-0.1, -0.05) is 12.6 Å². The van der Waals surface area contributed by atoms with Gasteiger partial charge in [-0.15, -0.1) is 0 Å². The highest BCUT2D eigenvalue weighted by atomic mass is 32.1. The first-order valence-electron chi connectivity index (χ1n) is 1.63. The van der Waals surface area contributed by atoms with Gasteiger partial charge in [0.2, 0.25) is 5.12 Å². The fourth-order valence-electron chi connectivity index (χ4n) is 0.0437. The van der Waals surface area contributed by atoms with Gasteiger partial charge in [0.05, 0.1) is 5.57 Å². The number of carbonyl (C=O) groups is 1. The van der Waals surface area contributed by atoms with Crippen LogP contribution in [0.5, 0.6) is 0 Å². The maximum absolute atomic E-state index is 9.94. The third-order valence-corrected chi connectivity index (χ3v) is 0.809. The quantitative estimate of drug-likeness (QED) is 0.302. The third kappa shape index (κ3) is 2.20. The second-order valence-corrected chi connectivity index (χ2v) is 1.44. The molecule has 0 bridgehead atoms. The van der Waals surface area contributed by atoms with E-state index in [0.717, 1.165) is 0 Å². The van der Waals surface area contributed by atoms with Gasteiger partial charge in [-0.2, -0.15) is 0 Å². The first kappa shape index (κ1) is 6.47. The lowest BCUT2D eigenvalue weighted by molar-refractivity contribution is -0.107. The molecule has 38 valence electrons. The van der Waals surface area contributed by atoms with Crippen molar-refractivity contribution in [2.75, 3.05) is 0 Å². The predicted molar refractivity (Wildman–Crippen MR) is 28.9 cm³/mol. The van der Waals surface area contributed by atoms with Gasteiger partial charge >= 0.3 is 0 Å². The maximum Gasteiger partial charge on any atom is 0.223 e. The van der Waals surface area contributed by atoms with E-state index < -0.39 is 5.12 Å². The maximum atomic E-state index is 9.94. The average molecular weight is 116 g/mol. The summed E-state index contributed by atoms with van der Waals surface area (Å²) in [4.78, 5) is 19.5. The van der Waals surface area contributed by atoms with Gasteiger partial charge in [-0.3, -0.25) is 4.79 Å². The molecular formula is C4H4O2S. The number of hydrogen-bond donors (Lipinski definition) is 1. The summed E-state index contributed by atoms with van der Waals surface area (Å²) >= 11 is 3.33. The molecule has 0 N–H and O–H groups in total. The third-order valence-electron chi connectivity index (χ3n) is 0.474. The average Bonchev–Trinajstić information content (AvgIpc) is 1.65. The van der Waals surface area contributed by atoms with Gasteiger partial charge in [0.25, 0.3) is 0 Å². The van der Waals surface area contributed by atoms with Crippen LogP contribution in [0, 0.1) is 0 Å². The molecule has 0 aliphatic heterocycles. The van der Waals surface area contributed by atoms with Gasteiger partial charge in [-0.25, -0.2) is 4.79 Å². The van der Waals surface area contributed by atoms with Crippen molar-refractivity contribution >= 4 is 23.7 Å². The van der Waals surface area contributed by atoms with Crippen LogP contribution in [0.15, 0.2) is 5.57 Å². The molecule has 0 fully saturated rings. The molecule has 0 aliphatic rings. The highest BCUT2D eigenvalue weighted by Gasteiger charge is 1.93. The monoisotopic (exact) mass is 116 g/mol. The van der Waals surface area contributed by atoms with Gasteiger partial charge in [0.15, 0.2) is 0 Å². The van der Waals surface area contributed by atoms with Crippen LogP contribution in [0.4, 0.5) is 0 Å². The molecule has 0 radical (unpaired) electrons. The molecule has 0 aromatic rings. The minimum atomic E-state index is -0.519. The molecule has 0 aromatic carbocycles. The molecule has 0 aliphatic carbocycles. The molecule has 0 aromatic heterocycles. The van der Waals surface area contributed by atoms with E-state index in [1.54, 1.807) is 0 Å². The largest absolute Gasteiger partial charge is 0.281 e. The van der Waals surface area contributed by atoms with Gasteiger partial charge < -0.3 is 0 Å². The molecule has 0 saturated carbocycles. The summed E-state index contributed by atoms with van der Waals surface area (Å²) in [7, 11) is 0. The van der Waals surface area contributed by atoms with Crippen LogP contribution in [0.1, 0.15) is 6.92 Å². The van der Waals surface area contributed by atoms with E-state index in [9.17, 15) is 9.59 Å². The fraction of sp³-hybridized carbons (Fsp3) is 0.250. The fourth-order valence-corrected chi connectivity index (χ4v) is 0.0893. The van der Waals surface area contributed by atoms with E-state index >= 15 is 0 Å². The van der Waals surface area contributed by atoms with Crippen LogP contribution in [0.25, 0.3) is 0 Å². The molecule has 0 spiro atoms. The second kappa shape index (κ2) is 2.61. The van der Waals surface area contributed by atoms with Crippen molar-refractivity contribution in [3.63, 3.8) is 0 Å². The first-order chi connectivity index (χ1) is 3.18. The number of hydrogen-bond acceptors (Lipinski definition) is 2. The summed E-state index contributed by atoms with van der Waals surface area (Å²) in [5.41, 5.74) is 0.0170. The molecule has 0 amide bonds. The Hall–Kier alpha value is -0.530. The van der Waals surface area contributed by atoms with E-state index in [1.807, 2.05) is 0 Å². The lowest BCUT2D eigenvalue weighted by Crippen LogP contribution is -1.86. The summed E-state index contributed by atoms with van der Waals surface area (Å²) in [5.74, 6) is 1.41. The smallest absolute Gasteiger partial charge is 0.223 e. The normalized spacial score (nSPS) is 7.14. The summed E-state index contributed by atoms with van der Waals surface area (Å²) in [5, 5.41) is -0.519. The molecule has 3 heteroatoms. The molecule has 7 heavy (non-hydrogen) atoms. The van der Waals surface area contributed by atoms with Crippen molar-refractivity contribution in [1.29, 1.82) is 0 Å². The van der Waals surface area contributed by atoms with Crippen LogP contribution in [-0.2, 0) is 9.59 Å². The standard InChI is InChI=1S/C4H4O2S/c1-3(2-5)4(6)7/h1H3,(H,6,7). The second-order valence-electron chi connectivity index (χ2n) is 1.03. The first-order valence-corrected chi connectivity index (χ1v) is 2.08. The molecule has 0 saturated heterocycles. The van der Waals surface area contributed by atoms with Crippen LogP contribution < -0.4 is 0 Å². The molecular weight excluding hydrogens is 112 g/mol. The van der Waals surface area contributed by atoms with Crippen molar-refractivity contribution in [2.24, 2.45) is 0 Å². The van der Waals surface area contributed by atoms with Crippen molar-refractivity contribution < 1.29 is 9.59 Å². The van der Waals surface area contributed by atoms with E-state index in [1.165, 1.54) is 12.9 Å². The molecule has 0 unspecified atom stereocenters. The van der Waals surface area contributed by atoms with Crippen molar-refractivity contribution in [3.8, 4) is 0 Å². The lowest BCUT2D eigenvalue weighted by Gasteiger charge is -1.76. The topological polar surface area (TPSA) is 34.1 Å². The Morgan fingerprint density at radius 1 is 1.71 bits per heavy atom. The Morgan fingerprint density at radius 3 is 2.14 bits per heavy atom. The molecule has 2 nitrogen and oxygen atoms in total. The van der Waals surface area contributed by atoms with Crippen molar-refractivity contribution in [2.45, 2.75) is 6.92 Å². The lowest BCUT2D eigenvalue weighted by atomic mass is 10.4. The van der Waals surface area contributed by atoms with Crippen LogP contribution in [-0.4, -0.2) is 11.1 Å². The Morgan fingerprint density at radius 2 is 2.14 bits per heavy atom. The molecule has 0 rings (SSSR count). The minimum Gasteiger partial charge on any atom is -0.281 e. The molecule has 0 heterocycles. The zero-order chi connectivity index (χ0) is 5.86. The number of carbonyl (C=O) groups excluding carboxylic acids is 2. The van der Waals surface area contributed by atoms with Gasteiger partial charge in [-0.05, 0) is 6.92 Å². The zero-order valence-corrected chi connectivity index (χ0v) is 4.66. The highest BCUT2D eigenvalue weighted by Crippen LogP contribution is 1.89. The summed E-state index contributed by atoms with van der Waals surface area (Å²) in [6.45, 7) is 1.36. The zero-order valence-electron chi connectivity index (χ0n) is 3.76. The van der Waals surface area contributed by atoms with Crippen molar-refractivity contribution in [3.05, 3.63) is 5.57 Å². The van der Waals surface area contributed by atoms with Gasteiger partial charge in [0, 0.05) is 0 Å². The summed E-state index contributed by atoms with van der Waals surface area (Å²) < 4.78 is 0. The summed E-state index contributed by atoms with van der Waals surface area (Å²) in [6, 6.07) is 0. The Labute approximate surface area is 46.6 Å². The Bertz CT molecular complexity index is 133. The van der Waals surface area contributed by atoms with E-state index in [0.29, 0.717) is 0 Å². The van der Waals surface area contributed by atoms with Crippen LogP contribution in [0.3, 0.4) is 0 Å². The SMILES string of the molecule is CC(=C=O)C(=O)S. The van der Waals surface area contributed by atoms with E-state index in [-0.39, 0.29) is 5.57 Å². The van der Waals surface area contributed by atoms with E-state index in [2.05, 4.69) is 12.6 Å². The predicted octanol–water partition coefficient (Wildman–Crippen LogP) is 0.221. The Kier molecular flexibility index (Phi) is 2.41. The number of thiol groups is 1. The van der Waals surface area contributed by atoms with Gasteiger partial charge in [0.1, 0.15) is 5.94 Å². The van der Waals surface area contributed by atoms with Crippen LogP contribution >= 0.6 is 12.6 Å². The summed E-state index contributed by atoms with van der Waals surface area (Å²) in [6.07, 6.45) is 0.